The van der Waals surface area contributed by atoms with Crippen LogP contribution in [-0.2, 0) is 9.53 Å². The smallest absolute Gasteiger partial charge is 0.182 e. The Balaban J connectivity index is 2.27. The molecule has 0 N–H and O–H groups in total. The molecule has 0 saturated heterocycles. The van der Waals surface area contributed by atoms with Crippen molar-refractivity contribution in [1.82, 2.24) is 0 Å². The molecule has 0 aliphatic carbocycles. The molecule has 27 heavy (non-hydrogen) atoms. The van der Waals surface area contributed by atoms with Gasteiger partial charge in [-0.05, 0) is 28.6 Å². The Kier molecular flexibility index (Phi) is 6.44. The molecule has 0 aliphatic rings. The lowest BCUT2D eigenvalue weighted by Crippen LogP contribution is -2.29. The summed E-state index contributed by atoms with van der Waals surface area (Å²) in [6, 6.07) is 30.7. The summed E-state index contributed by atoms with van der Waals surface area (Å²) in [7, 11) is 0. The molecule has 0 heterocycles. The third-order valence-corrected chi connectivity index (χ3v) is 8.27. The largest absolute Gasteiger partial charge is 0.361 e. The molecule has 0 bridgehead atoms. The van der Waals surface area contributed by atoms with Crippen LogP contribution in [0.5, 0.6) is 0 Å². The van der Waals surface area contributed by atoms with E-state index in [1.807, 2.05) is 60.4 Å². The second kappa shape index (κ2) is 9.19. The second-order valence-corrected chi connectivity index (χ2v) is 9.27. The summed E-state index contributed by atoms with van der Waals surface area (Å²) in [6.45, 7) is -2.15. The van der Waals surface area contributed by atoms with Gasteiger partial charge in [-0.3, -0.25) is 4.79 Å². The van der Waals surface area contributed by atoms with Crippen molar-refractivity contribution in [2.75, 3.05) is 13.2 Å². The third-order valence-electron chi connectivity index (χ3n) is 4.26. The van der Waals surface area contributed by atoms with E-state index in [1.54, 1.807) is 0 Å². The van der Waals surface area contributed by atoms with Crippen LogP contribution in [0.2, 0.25) is 0 Å². The highest BCUT2D eigenvalue weighted by Crippen LogP contribution is 2.43. The summed E-state index contributed by atoms with van der Waals surface area (Å²) in [5.74, 6) is 4.21. The van der Waals surface area contributed by atoms with Gasteiger partial charge in [-0.2, -0.15) is 0 Å². The van der Waals surface area contributed by atoms with E-state index in [4.69, 9.17) is 11.2 Å². The number of benzene rings is 3. The summed E-state index contributed by atoms with van der Waals surface area (Å²) in [5, 5.41) is 3.40. The first-order chi connectivity index (χ1) is 13.3. The summed E-state index contributed by atoms with van der Waals surface area (Å²) in [4.78, 5) is 12.8. The Morgan fingerprint density at radius 1 is 0.815 bits per heavy atom. The molecule has 0 spiro atoms. The van der Waals surface area contributed by atoms with Gasteiger partial charge in [0.2, 0.25) is 0 Å². The van der Waals surface area contributed by atoms with Gasteiger partial charge in [0.1, 0.15) is 13.2 Å². The number of ether oxygens (including phenoxy) is 1. The lowest BCUT2D eigenvalue weighted by Gasteiger charge is -2.28. The lowest BCUT2D eigenvalue weighted by atomic mass is 10.4. The normalized spacial score (nSPS) is 10.8. The van der Waals surface area contributed by atoms with Crippen LogP contribution in [0.1, 0.15) is 0 Å². The van der Waals surface area contributed by atoms with Gasteiger partial charge in [0.25, 0.3) is 0 Å². The second-order valence-electron chi connectivity index (χ2n) is 6.02. The molecule has 2 nitrogen and oxygen atoms in total. The van der Waals surface area contributed by atoms with E-state index in [0.29, 0.717) is 0 Å². The van der Waals surface area contributed by atoms with E-state index in [9.17, 15) is 4.79 Å². The van der Waals surface area contributed by atoms with Gasteiger partial charge in [-0.15, -0.1) is 6.42 Å². The van der Waals surface area contributed by atoms with E-state index in [-0.39, 0.29) is 19.0 Å². The van der Waals surface area contributed by atoms with Gasteiger partial charge in [0.15, 0.2) is 5.78 Å². The highest BCUT2D eigenvalue weighted by Gasteiger charge is 2.26. The fourth-order valence-electron chi connectivity index (χ4n) is 3.12. The maximum Gasteiger partial charge on any atom is 0.182 e. The molecule has 3 rings (SSSR count). The van der Waals surface area contributed by atoms with E-state index in [1.165, 1.54) is 0 Å². The van der Waals surface area contributed by atoms with Crippen LogP contribution in [-0.4, -0.2) is 24.8 Å². The van der Waals surface area contributed by atoms with Gasteiger partial charge in [-0.1, -0.05) is 96.9 Å². The molecule has 3 aromatic carbocycles. The first-order valence-electron chi connectivity index (χ1n) is 8.73. The predicted octanol–water partition coefficient (Wildman–Crippen LogP) is 3.00. The maximum atomic E-state index is 12.8. The predicted molar refractivity (Wildman–Crippen MR) is 116 cm³/mol. The first kappa shape index (κ1) is 18.9. The minimum atomic E-state index is -2.26. The van der Waals surface area contributed by atoms with Crippen LogP contribution >= 0.6 is 6.89 Å². The molecular formula is C24H21O2P. The van der Waals surface area contributed by atoms with Gasteiger partial charge in [0.05, 0.1) is 0 Å². The van der Waals surface area contributed by atoms with Crippen LogP contribution in [0.15, 0.2) is 91.0 Å². The lowest BCUT2D eigenvalue weighted by molar-refractivity contribution is -0.116. The highest BCUT2D eigenvalue weighted by molar-refractivity contribution is 7.95. The Hall–Kier alpha value is -2.85. The molecule has 0 amide bonds. The van der Waals surface area contributed by atoms with Crippen LogP contribution in [0.25, 0.3) is 0 Å². The summed E-state index contributed by atoms with van der Waals surface area (Å²) in [6.07, 6.45) is 5.23. The van der Waals surface area contributed by atoms with E-state index >= 15 is 0 Å². The maximum absolute atomic E-state index is 12.8. The number of ketones is 1. The molecule has 134 valence electrons. The number of hydrogen-bond acceptors (Lipinski definition) is 2. The number of carbonyl (C=O) groups excluding carboxylic acids is 1. The molecule has 3 aromatic rings. The van der Waals surface area contributed by atoms with Gasteiger partial charge < -0.3 is 4.74 Å². The topological polar surface area (TPSA) is 26.3 Å². The highest BCUT2D eigenvalue weighted by atomic mass is 31.2. The van der Waals surface area contributed by atoms with Crippen molar-refractivity contribution in [3.63, 3.8) is 0 Å². The first-order valence-corrected chi connectivity index (χ1v) is 10.6. The molecular weight excluding hydrogens is 351 g/mol. The zero-order valence-corrected chi connectivity index (χ0v) is 15.9. The van der Waals surface area contributed by atoms with Crippen molar-refractivity contribution in [1.29, 1.82) is 0 Å². The zero-order chi connectivity index (χ0) is 19.0. The molecule has 0 unspecified atom stereocenters. The minimum absolute atomic E-state index is 0.0154. The van der Waals surface area contributed by atoms with E-state index in [0.717, 1.165) is 15.9 Å². The third kappa shape index (κ3) is 4.29. The van der Waals surface area contributed by atoms with Crippen molar-refractivity contribution in [3.05, 3.63) is 91.0 Å². The fourth-order valence-corrected chi connectivity index (χ4v) is 6.90. The Labute approximate surface area is 160 Å². The number of Topliss-reactive ketones (excluding diaryl/α,β-unsaturated/α-hetero) is 1. The van der Waals surface area contributed by atoms with E-state index in [2.05, 4.69) is 42.3 Å². The minimum Gasteiger partial charge on any atom is -0.361 e. The standard InChI is InChI=1S/C24H21O2P/c1-2-18-26-19-21(25)20-27(22-12-6-3-7-13-22,23-14-8-4-9-15-23)24-16-10-5-11-17-24/h1,3-17,20H,18-19H2. The van der Waals surface area contributed by atoms with Crippen molar-refractivity contribution < 1.29 is 9.53 Å². The van der Waals surface area contributed by atoms with Gasteiger partial charge in [-0.25, -0.2) is 0 Å². The Morgan fingerprint density at radius 3 is 1.59 bits per heavy atom. The molecule has 0 aliphatic heterocycles. The van der Waals surface area contributed by atoms with Gasteiger partial charge >= 0.3 is 0 Å². The van der Waals surface area contributed by atoms with Crippen LogP contribution in [0.4, 0.5) is 0 Å². The quantitative estimate of drug-likeness (QED) is 0.362. The number of carbonyl (C=O) groups is 1. The summed E-state index contributed by atoms with van der Waals surface area (Å²) < 4.78 is 5.30. The van der Waals surface area contributed by atoms with Crippen molar-refractivity contribution >= 4 is 34.4 Å². The van der Waals surface area contributed by atoms with Crippen LogP contribution in [0.3, 0.4) is 0 Å². The number of hydrogen-bond donors (Lipinski definition) is 0. The average Bonchev–Trinajstić information content (AvgIpc) is 2.74. The van der Waals surface area contributed by atoms with Crippen LogP contribution in [0, 0.1) is 12.3 Å². The van der Waals surface area contributed by atoms with Crippen molar-refractivity contribution in [2.24, 2.45) is 0 Å². The summed E-state index contributed by atoms with van der Waals surface area (Å²) >= 11 is 0. The SMILES string of the molecule is C#CCOCC(=O)C=P(c1ccccc1)(c1ccccc1)c1ccccc1. The Bertz CT molecular complexity index is 868. The summed E-state index contributed by atoms with van der Waals surface area (Å²) in [5.41, 5.74) is 0. The molecule has 0 atom stereocenters. The zero-order valence-electron chi connectivity index (χ0n) is 15.0. The Morgan fingerprint density at radius 2 is 1.22 bits per heavy atom. The fraction of sp³-hybridized carbons (Fsp3) is 0.0833. The molecule has 0 aromatic heterocycles. The molecule has 0 fully saturated rings. The molecule has 0 radical (unpaired) electrons. The van der Waals surface area contributed by atoms with Gasteiger partial charge in [0, 0.05) is 0 Å². The van der Waals surface area contributed by atoms with E-state index < -0.39 is 6.89 Å². The van der Waals surface area contributed by atoms with Crippen LogP contribution < -0.4 is 15.9 Å². The molecule has 0 saturated carbocycles. The van der Waals surface area contributed by atoms with Crippen molar-refractivity contribution in [2.45, 2.75) is 0 Å². The average molecular weight is 372 g/mol. The number of rotatable bonds is 7. The molecule has 3 heteroatoms. The monoisotopic (exact) mass is 372 g/mol. The van der Waals surface area contributed by atoms with Crippen molar-refractivity contribution in [3.8, 4) is 12.3 Å². The number of terminal acetylenes is 1.